The molecule has 0 spiro atoms. The van der Waals surface area contributed by atoms with Crippen molar-refractivity contribution in [3.8, 4) is 5.75 Å². The molecule has 1 unspecified atom stereocenters. The number of rotatable bonds is 5. The molecule has 1 aliphatic rings. The van der Waals surface area contributed by atoms with Crippen LogP contribution in [0, 0.1) is 5.92 Å². The van der Waals surface area contributed by atoms with E-state index in [0.29, 0.717) is 19.1 Å². The summed E-state index contributed by atoms with van der Waals surface area (Å²) in [6, 6.07) is 7.72. The van der Waals surface area contributed by atoms with Crippen LogP contribution in [0.1, 0.15) is 26.7 Å². The molecule has 1 saturated heterocycles. The zero-order valence-corrected chi connectivity index (χ0v) is 12.4. The van der Waals surface area contributed by atoms with Crippen molar-refractivity contribution in [1.29, 1.82) is 0 Å². The summed E-state index contributed by atoms with van der Waals surface area (Å²) in [7, 11) is 0. The molecule has 0 saturated carbocycles. The third-order valence-electron chi connectivity index (χ3n) is 3.62. The van der Waals surface area contributed by atoms with E-state index in [1.54, 1.807) is 0 Å². The van der Waals surface area contributed by atoms with Gasteiger partial charge in [-0.1, -0.05) is 6.92 Å². The predicted molar refractivity (Wildman–Crippen MR) is 81.1 cm³/mol. The monoisotopic (exact) mass is 276 g/mol. The molecule has 0 bridgehead atoms. The van der Waals surface area contributed by atoms with Crippen LogP contribution >= 0.6 is 0 Å². The maximum Gasteiger partial charge on any atom is 0.241 e. The van der Waals surface area contributed by atoms with Gasteiger partial charge in [0.25, 0.3) is 0 Å². The fourth-order valence-electron chi connectivity index (χ4n) is 2.54. The van der Waals surface area contributed by atoms with E-state index >= 15 is 0 Å². The Morgan fingerprint density at radius 1 is 1.40 bits per heavy atom. The second-order valence-electron chi connectivity index (χ2n) is 5.40. The van der Waals surface area contributed by atoms with Crippen molar-refractivity contribution < 1.29 is 9.53 Å². The van der Waals surface area contributed by atoms with Crippen LogP contribution in [0.2, 0.25) is 0 Å². The van der Waals surface area contributed by atoms with Gasteiger partial charge in [-0.3, -0.25) is 4.79 Å². The zero-order chi connectivity index (χ0) is 14.4. The molecule has 4 heteroatoms. The van der Waals surface area contributed by atoms with Crippen LogP contribution in [0.5, 0.6) is 5.75 Å². The van der Waals surface area contributed by atoms with Crippen LogP contribution in [0.4, 0.5) is 5.69 Å². The van der Waals surface area contributed by atoms with E-state index in [9.17, 15) is 4.79 Å². The fourth-order valence-corrected chi connectivity index (χ4v) is 2.54. The molecule has 1 aromatic rings. The van der Waals surface area contributed by atoms with E-state index in [4.69, 9.17) is 4.74 Å². The second kappa shape index (κ2) is 7.17. The van der Waals surface area contributed by atoms with Crippen molar-refractivity contribution in [3.05, 3.63) is 24.3 Å². The highest BCUT2D eigenvalue weighted by Gasteiger charge is 2.20. The van der Waals surface area contributed by atoms with E-state index in [1.165, 1.54) is 6.42 Å². The highest BCUT2D eigenvalue weighted by atomic mass is 16.5. The van der Waals surface area contributed by atoms with Gasteiger partial charge >= 0.3 is 0 Å². The first-order chi connectivity index (χ1) is 9.69. The molecule has 0 aromatic heterocycles. The molecule has 2 rings (SSSR count). The molecule has 0 aliphatic carbocycles. The first kappa shape index (κ1) is 14.7. The largest absolute Gasteiger partial charge is 0.494 e. The predicted octanol–water partition coefficient (Wildman–Crippen LogP) is 2.76. The lowest BCUT2D eigenvalue weighted by molar-refractivity contribution is -0.130. The van der Waals surface area contributed by atoms with Gasteiger partial charge in [0.1, 0.15) is 5.75 Å². The molecule has 1 aliphatic heterocycles. The first-order valence-electron chi connectivity index (χ1n) is 7.43. The van der Waals surface area contributed by atoms with Crippen LogP contribution in [0.15, 0.2) is 24.3 Å². The minimum absolute atomic E-state index is 0.186. The van der Waals surface area contributed by atoms with Crippen LogP contribution in [-0.2, 0) is 4.79 Å². The number of likely N-dealkylation sites (tertiary alicyclic amines) is 1. The van der Waals surface area contributed by atoms with Crippen molar-refractivity contribution in [1.82, 2.24) is 4.90 Å². The number of ether oxygens (including phenoxy) is 1. The molecular formula is C16H24N2O2. The van der Waals surface area contributed by atoms with Gasteiger partial charge in [0.15, 0.2) is 0 Å². The Hall–Kier alpha value is -1.71. The number of amides is 1. The van der Waals surface area contributed by atoms with Crippen LogP contribution in [0.3, 0.4) is 0 Å². The van der Waals surface area contributed by atoms with Crippen molar-refractivity contribution in [2.45, 2.75) is 26.7 Å². The number of piperidine rings is 1. The maximum atomic E-state index is 12.1. The van der Waals surface area contributed by atoms with Gasteiger partial charge in [0.05, 0.1) is 13.2 Å². The van der Waals surface area contributed by atoms with Gasteiger partial charge in [0.2, 0.25) is 5.91 Å². The average molecular weight is 276 g/mol. The molecule has 1 aromatic carbocycles. The van der Waals surface area contributed by atoms with E-state index < -0.39 is 0 Å². The summed E-state index contributed by atoms with van der Waals surface area (Å²) in [5.74, 6) is 1.66. The lowest BCUT2D eigenvalue weighted by Gasteiger charge is -2.31. The minimum Gasteiger partial charge on any atom is -0.494 e. The third kappa shape index (κ3) is 4.15. The van der Waals surface area contributed by atoms with Gasteiger partial charge < -0.3 is 15.0 Å². The van der Waals surface area contributed by atoms with Crippen molar-refractivity contribution >= 4 is 11.6 Å². The van der Waals surface area contributed by atoms with E-state index in [-0.39, 0.29) is 5.91 Å². The molecule has 1 N–H and O–H groups in total. The molecule has 1 atom stereocenters. The summed E-state index contributed by atoms with van der Waals surface area (Å²) in [5, 5.41) is 3.18. The van der Waals surface area contributed by atoms with Gasteiger partial charge in [-0.15, -0.1) is 0 Å². The van der Waals surface area contributed by atoms with Gasteiger partial charge in [-0.2, -0.15) is 0 Å². The maximum absolute atomic E-state index is 12.1. The van der Waals surface area contributed by atoms with Gasteiger partial charge in [0, 0.05) is 18.8 Å². The quantitative estimate of drug-likeness (QED) is 0.899. The van der Waals surface area contributed by atoms with E-state index in [1.807, 2.05) is 36.1 Å². The number of nitrogens with one attached hydrogen (secondary N) is 1. The van der Waals surface area contributed by atoms with E-state index in [2.05, 4.69) is 12.2 Å². The zero-order valence-electron chi connectivity index (χ0n) is 12.4. The molecular weight excluding hydrogens is 252 g/mol. The number of hydrogen-bond acceptors (Lipinski definition) is 3. The highest BCUT2D eigenvalue weighted by Crippen LogP contribution is 2.17. The Morgan fingerprint density at radius 3 is 2.80 bits per heavy atom. The minimum atomic E-state index is 0.186. The summed E-state index contributed by atoms with van der Waals surface area (Å²) >= 11 is 0. The number of benzene rings is 1. The highest BCUT2D eigenvalue weighted by molar-refractivity contribution is 5.81. The number of nitrogens with zero attached hydrogens (tertiary/aromatic N) is 1. The molecule has 110 valence electrons. The van der Waals surface area contributed by atoms with Crippen LogP contribution in [-0.4, -0.2) is 37.0 Å². The molecule has 1 amide bonds. The summed E-state index contributed by atoms with van der Waals surface area (Å²) < 4.78 is 5.39. The topological polar surface area (TPSA) is 41.6 Å². The van der Waals surface area contributed by atoms with Crippen molar-refractivity contribution in [2.75, 3.05) is 31.6 Å². The number of carbonyl (C=O) groups is 1. The Bertz CT molecular complexity index is 431. The van der Waals surface area contributed by atoms with Crippen molar-refractivity contribution in [3.63, 3.8) is 0 Å². The average Bonchev–Trinajstić information content (AvgIpc) is 2.46. The smallest absolute Gasteiger partial charge is 0.241 e. The number of hydrogen-bond donors (Lipinski definition) is 1. The third-order valence-corrected chi connectivity index (χ3v) is 3.62. The van der Waals surface area contributed by atoms with Crippen molar-refractivity contribution in [2.24, 2.45) is 5.92 Å². The summed E-state index contributed by atoms with van der Waals surface area (Å²) in [5.41, 5.74) is 0.951. The number of carbonyl (C=O) groups excluding carboxylic acids is 1. The second-order valence-corrected chi connectivity index (χ2v) is 5.40. The lowest BCUT2D eigenvalue weighted by atomic mass is 10.0. The number of anilines is 1. The van der Waals surface area contributed by atoms with Gasteiger partial charge in [-0.25, -0.2) is 0 Å². The van der Waals surface area contributed by atoms with E-state index in [0.717, 1.165) is 30.9 Å². The van der Waals surface area contributed by atoms with Crippen LogP contribution in [0.25, 0.3) is 0 Å². The first-order valence-corrected chi connectivity index (χ1v) is 7.43. The summed E-state index contributed by atoms with van der Waals surface area (Å²) in [6.07, 6.45) is 2.35. The molecule has 20 heavy (non-hydrogen) atoms. The van der Waals surface area contributed by atoms with Gasteiger partial charge in [-0.05, 0) is 49.9 Å². The summed E-state index contributed by atoms with van der Waals surface area (Å²) in [4.78, 5) is 14.1. The molecule has 4 nitrogen and oxygen atoms in total. The Morgan fingerprint density at radius 2 is 2.15 bits per heavy atom. The normalized spacial score (nSPS) is 18.7. The Labute approximate surface area is 121 Å². The lowest BCUT2D eigenvalue weighted by Crippen LogP contribution is -2.41. The molecule has 1 heterocycles. The molecule has 0 radical (unpaired) electrons. The standard InChI is InChI=1S/C16H24N2O2/c1-3-20-15-8-6-14(7-9-15)17-11-16(19)18-10-4-5-13(2)12-18/h6-9,13,17H,3-5,10-12H2,1-2H3. The Balaban J connectivity index is 1.80. The molecule has 1 fully saturated rings. The van der Waals surface area contributed by atoms with Crippen LogP contribution < -0.4 is 10.1 Å². The fraction of sp³-hybridized carbons (Fsp3) is 0.562. The summed E-state index contributed by atoms with van der Waals surface area (Å²) in [6.45, 7) is 6.99. The Kier molecular flexibility index (Phi) is 5.27. The SMILES string of the molecule is CCOc1ccc(NCC(=O)N2CCCC(C)C2)cc1.